The van der Waals surface area contributed by atoms with Crippen molar-refractivity contribution in [1.82, 2.24) is 0 Å². The third-order valence-corrected chi connectivity index (χ3v) is 6.45. The zero-order valence-electron chi connectivity index (χ0n) is 15.7. The van der Waals surface area contributed by atoms with E-state index in [2.05, 4.69) is 5.32 Å². The number of rotatable bonds is 5. The van der Waals surface area contributed by atoms with Crippen LogP contribution in [0.5, 0.6) is 0 Å². The van der Waals surface area contributed by atoms with E-state index >= 15 is 0 Å². The van der Waals surface area contributed by atoms with Crippen molar-refractivity contribution in [2.75, 3.05) is 18.2 Å². The van der Waals surface area contributed by atoms with Gasteiger partial charge in [0.1, 0.15) is 4.88 Å². The van der Waals surface area contributed by atoms with Crippen molar-refractivity contribution in [2.45, 2.75) is 23.0 Å². The first-order valence-electron chi connectivity index (χ1n) is 8.52. The number of nitrogens with one attached hydrogen (secondary N) is 1. The van der Waals surface area contributed by atoms with Crippen LogP contribution in [-0.2, 0) is 4.74 Å². The van der Waals surface area contributed by atoms with E-state index in [4.69, 9.17) is 10.5 Å². The van der Waals surface area contributed by atoms with Crippen molar-refractivity contribution in [1.29, 1.82) is 0 Å². The average Bonchev–Trinajstić information content (AvgIpc) is 2.99. The molecule has 28 heavy (non-hydrogen) atoms. The molecule has 1 aromatic heterocycles. The second-order valence-corrected chi connectivity index (χ2v) is 8.60. The second-order valence-electron chi connectivity index (χ2n) is 6.23. The molecule has 0 saturated heterocycles. The topological polar surface area (TPSA) is 81.4 Å². The van der Waals surface area contributed by atoms with E-state index in [9.17, 15) is 9.59 Å². The van der Waals surface area contributed by atoms with Crippen LogP contribution in [0.1, 0.15) is 31.2 Å². The third kappa shape index (κ3) is 4.37. The number of esters is 1. The van der Waals surface area contributed by atoms with Gasteiger partial charge >= 0.3 is 5.97 Å². The van der Waals surface area contributed by atoms with Crippen molar-refractivity contribution in [3.63, 3.8) is 0 Å². The highest BCUT2D eigenvalue weighted by molar-refractivity contribution is 8.01. The molecule has 0 bridgehead atoms. The number of nitrogens with two attached hydrogens (primary N) is 1. The van der Waals surface area contributed by atoms with Gasteiger partial charge in [-0.05, 0) is 38.1 Å². The molecular formula is C21H20N2O3S2. The fourth-order valence-electron chi connectivity index (χ4n) is 2.46. The Balaban J connectivity index is 1.96. The number of carbonyl (C=O) groups is 2. The fourth-order valence-corrected chi connectivity index (χ4v) is 4.74. The Morgan fingerprint density at radius 3 is 2.14 bits per heavy atom. The molecule has 144 valence electrons. The van der Waals surface area contributed by atoms with Crippen LogP contribution < -0.4 is 11.1 Å². The molecule has 0 fully saturated rings. The Labute approximate surface area is 171 Å². The van der Waals surface area contributed by atoms with E-state index < -0.39 is 5.97 Å². The van der Waals surface area contributed by atoms with E-state index in [-0.39, 0.29) is 16.5 Å². The van der Waals surface area contributed by atoms with Crippen LogP contribution in [-0.4, -0.2) is 19.0 Å². The highest BCUT2D eigenvalue weighted by Crippen LogP contribution is 2.45. The quantitative estimate of drug-likeness (QED) is 0.567. The number of amides is 1. The van der Waals surface area contributed by atoms with Gasteiger partial charge in [0.05, 0.1) is 22.7 Å². The zero-order valence-corrected chi connectivity index (χ0v) is 17.4. The summed E-state index contributed by atoms with van der Waals surface area (Å²) in [7, 11) is 1.30. The van der Waals surface area contributed by atoms with Crippen LogP contribution in [0.25, 0.3) is 0 Å². The molecule has 0 saturated carbocycles. The lowest BCUT2D eigenvalue weighted by Crippen LogP contribution is -2.13. The molecule has 1 amide bonds. The lowest BCUT2D eigenvalue weighted by Gasteiger charge is -2.08. The van der Waals surface area contributed by atoms with Gasteiger partial charge in [-0.2, -0.15) is 0 Å². The van der Waals surface area contributed by atoms with Crippen molar-refractivity contribution < 1.29 is 14.3 Å². The summed E-state index contributed by atoms with van der Waals surface area (Å²) in [6.07, 6.45) is 0. The first kappa shape index (κ1) is 20.0. The Bertz CT molecular complexity index is 1010. The van der Waals surface area contributed by atoms with Gasteiger partial charge in [0.25, 0.3) is 5.91 Å². The summed E-state index contributed by atoms with van der Waals surface area (Å²) in [5.74, 6) is -0.809. The van der Waals surface area contributed by atoms with Gasteiger partial charge in [0, 0.05) is 10.5 Å². The van der Waals surface area contributed by atoms with Crippen molar-refractivity contribution in [3.05, 3.63) is 70.1 Å². The maximum absolute atomic E-state index is 12.7. The van der Waals surface area contributed by atoms with Gasteiger partial charge in [0.2, 0.25) is 0 Å². The minimum absolute atomic E-state index is 0.215. The minimum Gasteiger partial charge on any atom is -0.465 e. The van der Waals surface area contributed by atoms with Gasteiger partial charge in [-0.1, -0.05) is 47.2 Å². The van der Waals surface area contributed by atoms with Crippen LogP contribution in [0, 0.1) is 13.8 Å². The van der Waals surface area contributed by atoms with E-state index in [0.29, 0.717) is 11.3 Å². The van der Waals surface area contributed by atoms with Gasteiger partial charge in [-0.15, -0.1) is 11.3 Å². The van der Waals surface area contributed by atoms with Gasteiger partial charge < -0.3 is 15.8 Å². The standard InChI is InChI=1S/C21H20N2O3S2/c1-12-4-8-14(9-5-12)19(24)23-17-16(22)18(20(25)26-3)28-21(17)27-15-10-6-13(2)7-11-15/h4-11H,22H2,1-3H3,(H,23,24). The first-order chi connectivity index (χ1) is 13.4. The van der Waals surface area contributed by atoms with E-state index in [1.807, 2.05) is 50.2 Å². The number of anilines is 2. The molecule has 3 aromatic rings. The SMILES string of the molecule is COC(=O)c1sc(Sc2ccc(C)cc2)c(NC(=O)c2ccc(C)cc2)c1N. The number of nitrogen functional groups attached to an aromatic ring is 1. The van der Waals surface area contributed by atoms with Crippen molar-refractivity contribution in [3.8, 4) is 0 Å². The zero-order chi connectivity index (χ0) is 20.3. The molecule has 5 nitrogen and oxygen atoms in total. The van der Waals surface area contributed by atoms with Gasteiger partial charge in [0.15, 0.2) is 0 Å². The van der Waals surface area contributed by atoms with Crippen molar-refractivity contribution in [2.24, 2.45) is 0 Å². The van der Waals surface area contributed by atoms with Crippen LogP contribution in [0.4, 0.5) is 11.4 Å². The number of aryl methyl sites for hydroxylation is 2. The summed E-state index contributed by atoms with van der Waals surface area (Å²) >= 11 is 2.65. The molecule has 0 atom stereocenters. The first-order valence-corrected chi connectivity index (χ1v) is 10.2. The monoisotopic (exact) mass is 412 g/mol. The predicted molar refractivity (Wildman–Crippen MR) is 115 cm³/mol. The second kappa shape index (κ2) is 8.50. The lowest BCUT2D eigenvalue weighted by atomic mass is 10.1. The van der Waals surface area contributed by atoms with Crippen LogP contribution >= 0.6 is 23.1 Å². The number of hydrogen-bond acceptors (Lipinski definition) is 6. The molecule has 1 heterocycles. The highest BCUT2D eigenvalue weighted by atomic mass is 32.2. The summed E-state index contributed by atoms with van der Waals surface area (Å²) in [4.78, 5) is 26.0. The van der Waals surface area contributed by atoms with E-state index in [1.165, 1.54) is 30.2 Å². The molecule has 0 aliphatic carbocycles. The molecule has 7 heteroatoms. The largest absolute Gasteiger partial charge is 0.465 e. The van der Waals surface area contributed by atoms with Crippen LogP contribution in [0.15, 0.2) is 57.6 Å². The summed E-state index contributed by atoms with van der Waals surface area (Å²) < 4.78 is 5.55. The number of benzene rings is 2. The summed E-state index contributed by atoms with van der Waals surface area (Å²) in [6.45, 7) is 3.97. The van der Waals surface area contributed by atoms with Crippen LogP contribution in [0.3, 0.4) is 0 Å². The Hall–Kier alpha value is -2.77. The normalized spacial score (nSPS) is 10.5. The number of hydrogen-bond donors (Lipinski definition) is 2. The molecule has 0 unspecified atom stereocenters. The molecule has 3 rings (SSSR count). The Morgan fingerprint density at radius 1 is 1.00 bits per heavy atom. The molecular weight excluding hydrogens is 392 g/mol. The Kier molecular flexibility index (Phi) is 6.06. The van der Waals surface area contributed by atoms with Gasteiger partial charge in [-0.3, -0.25) is 4.79 Å². The van der Waals surface area contributed by atoms with Crippen LogP contribution in [0.2, 0.25) is 0 Å². The Morgan fingerprint density at radius 2 is 1.57 bits per heavy atom. The minimum atomic E-state index is -0.524. The van der Waals surface area contributed by atoms with E-state index in [0.717, 1.165) is 20.2 Å². The molecule has 0 spiro atoms. The number of thiophene rings is 1. The molecule has 0 aliphatic rings. The van der Waals surface area contributed by atoms with E-state index in [1.54, 1.807) is 12.1 Å². The smallest absolute Gasteiger partial charge is 0.350 e. The maximum atomic E-state index is 12.7. The molecule has 3 N–H and O–H groups in total. The number of methoxy groups -OCH3 is 1. The highest BCUT2D eigenvalue weighted by Gasteiger charge is 2.24. The molecule has 0 aliphatic heterocycles. The molecule has 0 radical (unpaired) electrons. The molecule has 2 aromatic carbocycles. The van der Waals surface area contributed by atoms with Gasteiger partial charge in [-0.25, -0.2) is 4.79 Å². The summed E-state index contributed by atoms with van der Waals surface area (Å²) in [5.41, 5.74) is 9.57. The number of ether oxygens (including phenoxy) is 1. The average molecular weight is 413 g/mol. The summed E-state index contributed by atoms with van der Waals surface area (Å²) in [6, 6.07) is 15.2. The number of carbonyl (C=O) groups excluding carboxylic acids is 2. The fraction of sp³-hybridized carbons (Fsp3) is 0.143. The third-order valence-electron chi connectivity index (χ3n) is 4.07. The summed E-state index contributed by atoms with van der Waals surface area (Å²) in [5, 5.41) is 2.86. The van der Waals surface area contributed by atoms with Crippen molar-refractivity contribution >= 4 is 46.3 Å². The maximum Gasteiger partial charge on any atom is 0.350 e. The predicted octanol–water partition coefficient (Wildman–Crippen LogP) is 5.14. The lowest BCUT2D eigenvalue weighted by molar-refractivity contribution is 0.0607.